The Morgan fingerprint density at radius 3 is 2.50 bits per heavy atom. The van der Waals surface area contributed by atoms with E-state index in [1.54, 1.807) is 0 Å². The molecular formula is C6H10BrN. The Labute approximate surface area is 58.0 Å². The summed E-state index contributed by atoms with van der Waals surface area (Å²) in [6.07, 6.45) is 2.81. The molecule has 1 N–H and O–H groups in total. The molecule has 0 spiro atoms. The van der Waals surface area contributed by atoms with Crippen molar-refractivity contribution in [1.82, 2.24) is 5.32 Å². The molecule has 2 bridgehead atoms. The number of fused-ring (bicyclic) bond motifs is 2. The maximum atomic E-state index is 3.70. The van der Waals surface area contributed by atoms with E-state index in [0.717, 1.165) is 5.92 Å². The summed E-state index contributed by atoms with van der Waals surface area (Å²) in [5.41, 5.74) is 0. The molecule has 0 amide bonds. The summed E-state index contributed by atoms with van der Waals surface area (Å²) in [5, 5.41) is 3.38. The molecule has 3 fully saturated rings. The lowest BCUT2D eigenvalue weighted by Crippen LogP contribution is -2.55. The second kappa shape index (κ2) is 1.48. The van der Waals surface area contributed by atoms with Crippen LogP contribution in [-0.2, 0) is 0 Å². The van der Waals surface area contributed by atoms with Gasteiger partial charge < -0.3 is 5.32 Å². The summed E-state index contributed by atoms with van der Waals surface area (Å²) in [5.74, 6) is 0.989. The van der Waals surface area contributed by atoms with Crippen LogP contribution in [0.3, 0.4) is 0 Å². The second-order valence-electron chi connectivity index (χ2n) is 3.06. The fraction of sp³-hybridized carbons (Fsp3) is 1.00. The van der Waals surface area contributed by atoms with Crippen molar-refractivity contribution in [2.75, 3.05) is 13.1 Å². The van der Waals surface area contributed by atoms with Gasteiger partial charge in [0.1, 0.15) is 0 Å². The molecule has 0 radical (unpaired) electrons. The van der Waals surface area contributed by atoms with Gasteiger partial charge in [-0.2, -0.15) is 0 Å². The highest BCUT2D eigenvalue weighted by Crippen LogP contribution is 2.46. The molecule has 0 aromatic carbocycles. The Morgan fingerprint density at radius 1 is 1.50 bits per heavy atom. The number of halogens is 1. The highest BCUT2D eigenvalue weighted by Gasteiger charge is 2.44. The standard InChI is InChI=1S/C6H10BrN/c7-6-1-5(2-6)3-8-4-6/h5,8H,1-4H2. The predicted molar refractivity (Wildman–Crippen MR) is 37.3 cm³/mol. The Hall–Kier alpha value is 0.440. The molecule has 0 unspecified atom stereocenters. The molecule has 8 heavy (non-hydrogen) atoms. The number of piperidine rings is 2. The third-order valence-corrected chi connectivity index (χ3v) is 3.11. The fourth-order valence-electron chi connectivity index (χ4n) is 1.76. The van der Waals surface area contributed by atoms with Gasteiger partial charge in [0.25, 0.3) is 0 Å². The van der Waals surface area contributed by atoms with Gasteiger partial charge in [0.15, 0.2) is 0 Å². The van der Waals surface area contributed by atoms with Gasteiger partial charge in [-0.25, -0.2) is 0 Å². The quantitative estimate of drug-likeness (QED) is 0.545. The summed E-state index contributed by atoms with van der Waals surface area (Å²) >= 11 is 3.70. The van der Waals surface area contributed by atoms with Gasteiger partial charge in [0, 0.05) is 10.9 Å². The average molecular weight is 176 g/mol. The van der Waals surface area contributed by atoms with Gasteiger partial charge >= 0.3 is 0 Å². The third-order valence-electron chi connectivity index (χ3n) is 2.18. The van der Waals surface area contributed by atoms with Crippen molar-refractivity contribution in [1.29, 1.82) is 0 Å². The van der Waals surface area contributed by atoms with E-state index in [1.165, 1.54) is 25.9 Å². The highest BCUT2D eigenvalue weighted by atomic mass is 79.9. The Morgan fingerprint density at radius 2 is 2.25 bits per heavy atom. The second-order valence-corrected chi connectivity index (χ2v) is 4.74. The van der Waals surface area contributed by atoms with E-state index in [9.17, 15) is 0 Å². The summed E-state index contributed by atoms with van der Waals surface area (Å²) in [4.78, 5) is 0. The van der Waals surface area contributed by atoms with Crippen molar-refractivity contribution in [2.45, 2.75) is 17.2 Å². The molecule has 0 aromatic rings. The fourth-order valence-corrected chi connectivity index (χ4v) is 2.88. The Kier molecular flexibility index (Phi) is 0.970. The maximum absolute atomic E-state index is 3.70. The normalized spacial score (nSPS) is 52.9. The van der Waals surface area contributed by atoms with Gasteiger partial charge in [0.2, 0.25) is 0 Å². The molecule has 1 aliphatic carbocycles. The first kappa shape index (κ1) is 5.24. The van der Waals surface area contributed by atoms with Crippen LogP contribution in [0.25, 0.3) is 0 Å². The molecule has 2 heteroatoms. The largest absolute Gasteiger partial charge is 0.315 e. The van der Waals surface area contributed by atoms with Crippen molar-refractivity contribution in [2.24, 2.45) is 5.92 Å². The van der Waals surface area contributed by atoms with Gasteiger partial charge in [-0.15, -0.1) is 0 Å². The summed E-state index contributed by atoms with van der Waals surface area (Å²) in [6.45, 7) is 2.44. The molecule has 2 aliphatic heterocycles. The lowest BCUT2D eigenvalue weighted by molar-refractivity contribution is 0.174. The molecule has 3 rings (SSSR count). The van der Waals surface area contributed by atoms with Crippen LogP contribution in [-0.4, -0.2) is 17.4 Å². The third kappa shape index (κ3) is 0.627. The van der Waals surface area contributed by atoms with Crippen molar-refractivity contribution in [3.05, 3.63) is 0 Å². The van der Waals surface area contributed by atoms with E-state index in [0.29, 0.717) is 4.32 Å². The molecule has 1 saturated carbocycles. The predicted octanol–water partition coefficient (Wildman–Crippen LogP) is 1.13. The zero-order valence-corrected chi connectivity index (χ0v) is 6.37. The van der Waals surface area contributed by atoms with Crippen molar-refractivity contribution >= 4 is 15.9 Å². The SMILES string of the molecule is BrC12CNCC(C1)C2. The van der Waals surface area contributed by atoms with Crippen LogP contribution in [0.2, 0.25) is 0 Å². The zero-order valence-electron chi connectivity index (χ0n) is 4.78. The Bertz CT molecular complexity index is 102. The minimum atomic E-state index is 0.524. The van der Waals surface area contributed by atoms with Crippen LogP contribution in [0.1, 0.15) is 12.8 Å². The number of rotatable bonds is 0. The molecule has 46 valence electrons. The number of hydrogen-bond acceptors (Lipinski definition) is 1. The smallest absolute Gasteiger partial charge is 0.0388 e. The van der Waals surface area contributed by atoms with Gasteiger partial charge in [-0.05, 0) is 25.3 Å². The summed E-state index contributed by atoms with van der Waals surface area (Å²) in [6, 6.07) is 0. The van der Waals surface area contributed by atoms with Crippen LogP contribution in [0.4, 0.5) is 0 Å². The van der Waals surface area contributed by atoms with E-state index >= 15 is 0 Å². The van der Waals surface area contributed by atoms with Crippen molar-refractivity contribution in [3.8, 4) is 0 Å². The van der Waals surface area contributed by atoms with Crippen LogP contribution in [0.5, 0.6) is 0 Å². The first-order valence-corrected chi connectivity index (χ1v) is 3.97. The Balaban J connectivity index is 2.06. The van der Waals surface area contributed by atoms with Crippen molar-refractivity contribution < 1.29 is 0 Å². The molecule has 0 aromatic heterocycles. The van der Waals surface area contributed by atoms with E-state index < -0.39 is 0 Å². The first-order chi connectivity index (χ1) is 3.79. The minimum Gasteiger partial charge on any atom is -0.315 e. The maximum Gasteiger partial charge on any atom is 0.0388 e. The summed E-state index contributed by atoms with van der Waals surface area (Å²) < 4.78 is 0.524. The lowest BCUT2D eigenvalue weighted by Gasteiger charge is -2.48. The molecule has 2 saturated heterocycles. The van der Waals surface area contributed by atoms with Crippen LogP contribution >= 0.6 is 15.9 Å². The van der Waals surface area contributed by atoms with E-state index in [-0.39, 0.29) is 0 Å². The number of hydrogen-bond donors (Lipinski definition) is 1. The topological polar surface area (TPSA) is 12.0 Å². The minimum absolute atomic E-state index is 0.524. The van der Waals surface area contributed by atoms with Gasteiger partial charge in [-0.3, -0.25) is 0 Å². The van der Waals surface area contributed by atoms with E-state index in [2.05, 4.69) is 21.2 Å². The number of nitrogens with one attached hydrogen (secondary N) is 1. The molecular weight excluding hydrogens is 166 g/mol. The zero-order chi connectivity index (χ0) is 5.61. The number of alkyl halides is 1. The highest BCUT2D eigenvalue weighted by molar-refractivity contribution is 9.10. The van der Waals surface area contributed by atoms with Gasteiger partial charge in [-0.1, -0.05) is 15.9 Å². The molecule has 3 aliphatic rings. The molecule has 1 nitrogen and oxygen atoms in total. The summed E-state index contributed by atoms with van der Waals surface area (Å²) in [7, 11) is 0. The van der Waals surface area contributed by atoms with E-state index in [1.807, 2.05) is 0 Å². The lowest BCUT2D eigenvalue weighted by atomic mass is 9.72. The molecule has 0 atom stereocenters. The molecule has 2 heterocycles. The first-order valence-electron chi connectivity index (χ1n) is 3.18. The van der Waals surface area contributed by atoms with Crippen LogP contribution in [0.15, 0.2) is 0 Å². The van der Waals surface area contributed by atoms with Crippen LogP contribution in [0, 0.1) is 5.92 Å². The van der Waals surface area contributed by atoms with Crippen molar-refractivity contribution in [3.63, 3.8) is 0 Å². The van der Waals surface area contributed by atoms with Gasteiger partial charge in [0.05, 0.1) is 0 Å². The van der Waals surface area contributed by atoms with Crippen LogP contribution < -0.4 is 5.32 Å². The monoisotopic (exact) mass is 175 g/mol. The average Bonchev–Trinajstić information content (AvgIpc) is 1.63. The van der Waals surface area contributed by atoms with E-state index in [4.69, 9.17) is 0 Å².